The predicted octanol–water partition coefficient (Wildman–Crippen LogP) is 1.95. The zero-order valence-corrected chi connectivity index (χ0v) is 11.5. The van der Waals surface area contributed by atoms with Gasteiger partial charge in [0.05, 0.1) is 18.2 Å². The first kappa shape index (κ1) is 14.3. The van der Waals surface area contributed by atoms with Crippen molar-refractivity contribution in [3.05, 3.63) is 29.3 Å². The van der Waals surface area contributed by atoms with Gasteiger partial charge in [-0.3, -0.25) is 0 Å². The molecule has 2 rings (SSSR count). The first-order valence-corrected chi connectivity index (χ1v) is 6.44. The van der Waals surface area contributed by atoms with Crippen molar-refractivity contribution in [3.63, 3.8) is 0 Å². The molecule has 1 fully saturated rings. The second kappa shape index (κ2) is 5.92. The molecule has 1 aromatic carbocycles. The van der Waals surface area contributed by atoms with Gasteiger partial charge in [-0.2, -0.15) is 0 Å². The van der Waals surface area contributed by atoms with Crippen molar-refractivity contribution in [3.8, 4) is 0 Å². The Bertz CT molecular complexity index is 524. The Morgan fingerprint density at radius 2 is 2.20 bits per heavy atom. The first-order valence-electron chi connectivity index (χ1n) is 6.44. The highest BCUT2D eigenvalue weighted by Crippen LogP contribution is 2.19. The van der Waals surface area contributed by atoms with E-state index in [-0.39, 0.29) is 17.6 Å². The summed E-state index contributed by atoms with van der Waals surface area (Å²) in [5.74, 6) is -1.02. The average molecular weight is 278 g/mol. The second-order valence-corrected chi connectivity index (χ2v) is 4.89. The fourth-order valence-electron chi connectivity index (χ4n) is 2.09. The Morgan fingerprint density at radius 3 is 2.80 bits per heavy atom. The number of carboxylic acid groups (broad SMARTS) is 1. The topological polar surface area (TPSA) is 78.9 Å². The SMILES string of the molecule is Cc1ccc(C(=O)O)cc1NC(=O)N(C)C1CCOC1. The highest BCUT2D eigenvalue weighted by atomic mass is 16.5. The smallest absolute Gasteiger partial charge is 0.335 e. The van der Waals surface area contributed by atoms with Crippen molar-refractivity contribution in [2.45, 2.75) is 19.4 Å². The van der Waals surface area contributed by atoms with E-state index >= 15 is 0 Å². The van der Waals surface area contributed by atoms with Crippen LogP contribution < -0.4 is 5.32 Å². The van der Waals surface area contributed by atoms with E-state index in [1.54, 1.807) is 18.0 Å². The van der Waals surface area contributed by atoms with Gasteiger partial charge in [0.15, 0.2) is 0 Å². The molecule has 1 aliphatic rings. The van der Waals surface area contributed by atoms with Gasteiger partial charge >= 0.3 is 12.0 Å². The third-order valence-corrected chi connectivity index (χ3v) is 3.50. The maximum Gasteiger partial charge on any atom is 0.335 e. The number of aromatic carboxylic acids is 1. The molecule has 0 spiro atoms. The van der Waals surface area contributed by atoms with E-state index in [0.29, 0.717) is 18.9 Å². The summed E-state index contributed by atoms with van der Waals surface area (Å²) in [5, 5.41) is 11.7. The molecule has 0 aromatic heterocycles. The van der Waals surface area contributed by atoms with Gasteiger partial charge in [-0.25, -0.2) is 9.59 Å². The van der Waals surface area contributed by atoms with E-state index in [0.717, 1.165) is 12.0 Å². The molecule has 1 aromatic rings. The first-order chi connectivity index (χ1) is 9.49. The van der Waals surface area contributed by atoms with Crippen LogP contribution in [0, 0.1) is 6.92 Å². The van der Waals surface area contributed by atoms with Crippen LogP contribution in [0.2, 0.25) is 0 Å². The number of likely N-dealkylation sites (N-methyl/N-ethyl adjacent to an activating group) is 1. The number of carbonyl (C=O) groups is 2. The fraction of sp³-hybridized carbons (Fsp3) is 0.429. The molecule has 1 saturated heterocycles. The number of aryl methyl sites for hydroxylation is 1. The van der Waals surface area contributed by atoms with Crippen molar-refractivity contribution in [1.29, 1.82) is 0 Å². The number of hydrogen-bond donors (Lipinski definition) is 2. The number of carbonyl (C=O) groups excluding carboxylic acids is 1. The van der Waals surface area contributed by atoms with E-state index in [9.17, 15) is 9.59 Å². The molecule has 1 atom stereocenters. The molecule has 1 unspecified atom stereocenters. The Labute approximate surface area is 117 Å². The van der Waals surface area contributed by atoms with Crippen LogP contribution in [0.15, 0.2) is 18.2 Å². The van der Waals surface area contributed by atoms with Crippen LogP contribution in [0.4, 0.5) is 10.5 Å². The van der Waals surface area contributed by atoms with Crippen LogP contribution in [0.3, 0.4) is 0 Å². The number of amides is 2. The van der Waals surface area contributed by atoms with Crippen molar-refractivity contribution >= 4 is 17.7 Å². The number of nitrogens with one attached hydrogen (secondary N) is 1. The van der Waals surface area contributed by atoms with Crippen molar-refractivity contribution < 1.29 is 19.4 Å². The summed E-state index contributed by atoms with van der Waals surface area (Å²) in [6, 6.07) is 4.47. The lowest BCUT2D eigenvalue weighted by atomic mass is 10.1. The van der Waals surface area contributed by atoms with Crippen molar-refractivity contribution in [2.75, 3.05) is 25.6 Å². The normalized spacial score (nSPS) is 17.8. The molecular formula is C14H18N2O4. The van der Waals surface area contributed by atoms with Gasteiger partial charge < -0.3 is 20.1 Å². The molecular weight excluding hydrogens is 260 g/mol. The molecule has 0 radical (unpaired) electrons. The summed E-state index contributed by atoms with van der Waals surface area (Å²) in [6.07, 6.45) is 0.818. The summed E-state index contributed by atoms with van der Waals surface area (Å²) in [5.41, 5.74) is 1.48. The van der Waals surface area contributed by atoms with Gasteiger partial charge in [0.1, 0.15) is 0 Å². The standard InChI is InChI=1S/C14H18N2O4/c1-9-3-4-10(13(17)18)7-12(9)15-14(19)16(2)11-5-6-20-8-11/h3-4,7,11H,5-6,8H2,1-2H3,(H,15,19)(H,17,18). The number of nitrogens with zero attached hydrogens (tertiary/aromatic N) is 1. The fourth-order valence-corrected chi connectivity index (χ4v) is 2.09. The van der Waals surface area contributed by atoms with E-state index < -0.39 is 5.97 Å². The minimum absolute atomic E-state index is 0.0676. The van der Waals surface area contributed by atoms with Gasteiger partial charge in [-0.05, 0) is 31.0 Å². The lowest BCUT2D eigenvalue weighted by molar-refractivity contribution is 0.0697. The zero-order valence-electron chi connectivity index (χ0n) is 11.5. The van der Waals surface area contributed by atoms with E-state index in [2.05, 4.69) is 5.32 Å². The zero-order chi connectivity index (χ0) is 14.7. The Balaban J connectivity index is 2.10. The number of ether oxygens (including phenoxy) is 1. The molecule has 20 heavy (non-hydrogen) atoms. The molecule has 2 N–H and O–H groups in total. The van der Waals surface area contributed by atoms with E-state index in [4.69, 9.17) is 9.84 Å². The quantitative estimate of drug-likeness (QED) is 0.885. The lowest BCUT2D eigenvalue weighted by Gasteiger charge is -2.24. The minimum atomic E-state index is -1.02. The highest BCUT2D eigenvalue weighted by Gasteiger charge is 2.24. The molecule has 0 bridgehead atoms. The summed E-state index contributed by atoms with van der Waals surface area (Å²) in [4.78, 5) is 24.7. The summed E-state index contributed by atoms with van der Waals surface area (Å²) in [7, 11) is 1.71. The monoisotopic (exact) mass is 278 g/mol. The number of anilines is 1. The number of urea groups is 1. The predicted molar refractivity (Wildman–Crippen MR) is 74.1 cm³/mol. The average Bonchev–Trinajstić information content (AvgIpc) is 2.94. The molecule has 6 heteroatoms. The summed E-state index contributed by atoms with van der Waals surface area (Å²) in [6.45, 7) is 3.02. The highest BCUT2D eigenvalue weighted by molar-refractivity contribution is 5.94. The largest absolute Gasteiger partial charge is 0.478 e. The van der Waals surface area contributed by atoms with Gasteiger partial charge in [-0.15, -0.1) is 0 Å². The Kier molecular flexibility index (Phi) is 4.24. The van der Waals surface area contributed by atoms with E-state index in [1.807, 2.05) is 6.92 Å². The van der Waals surface area contributed by atoms with Gasteiger partial charge in [0, 0.05) is 19.3 Å². The van der Waals surface area contributed by atoms with Crippen LogP contribution in [-0.4, -0.2) is 48.3 Å². The third kappa shape index (κ3) is 3.08. The minimum Gasteiger partial charge on any atom is -0.478 e. The number of carboxylic acids is 1. The van der Waals surface area contributed by atoms with Crippen molar-refractivity contribution in [2.24, 2.45) is 0 Å². The summed E-state index contributed by atoms with van der Waals surface area (Å²) < 4.78 is 5.25. The summed E-state index contributed by atoms with van der Waals surface area (Å²) >= 11 is 0. The molecule has 0 aliphatic carbocycles. The maximum absolute atomic E-state index is 12.1. The van der Waals surface area contributed by atoms with Crippen LogP contribution >= 0.6 is 0 Å². The number of hydrogen-bond acceptors (Lipinski definition) is 3. The molecule has 0 saturated carbocycles. The van der Waals surface area contributed by atoms with Crippen LogP contribution in [0.5, 0.6) is 0 Å². The third-order valence-electron chi connectivity index (χ3n) is 3.50. The van der Waals surface area contributed by atoms with Crippen LogP contribution in [-0.2, 0) is 4.74 Å². The van der Waals surface area contributed by atoms with Gasteiger partial charge in [-0.1, -0.05) is 6.07 Å². The second-order valence-electron chi connectivity index (χ2n) is 4.89. The number of rotatable bonds is 3. The molecule has 108 valence electrons. The van der Waals surface area contributed by atoms with Gasteiger partial charge in [0.25, 0.3) is 0 Å². The lowest BCUT2D eigenvalue weighted by Crippen LogP contribution is -2.40. The molecule has 6 nitrogen and oxygen atoms in total. The van der Waals surface area contributed by atoms with Crippen LogP contribution in [0.25, 0.3) is 0 Å². The molecule has 1 heterocycles. The number of benzene rings is 1. The Hall–Kier alpha value is -2.08. The van der Waals surface area contributed by atoms with Crippen molar-refractivity contribution in [1.82, 2.24) is 4.90 Å². The maximum atomic E-state index is 12.1. The van der Waals surface area contributed by atoms with E-state index in [1.165, 1.54) is 12.1 Å². The Morgan fingerprint density at radius 1 is 1.45 bits per heavy atom. The molecule has 2 amide bonds. The molecule has 1 aliphatic heterocycles. The van der Waals surface area contributed by atoms with Crippen LogP contribution in [0.1, 0.15) is 22.3 Å². The van der Waals surface area contributed by atoms with Gasteiger partial charge in [0.2, 0.25) is 0 Å².